The van der Waals surface area contributed by atoms with Crippen molar-refractivity contribution in [2.75, 3.05) is 0 Å². The van der Waals surface area contributed by atoms with Crippen molar-refractivity contribution in [3.05, 3.63) is 24.5 Å². The molecular weight excluding hydrogens is 162 g/mol. The molecular formula is C8H12ClNO. The smallest absolute Gasteiger partial charge is 0.122 e. The van der Waals surface area contributed by atoms with Gasteiger partial charge in [-0.3, -0.25) is 4.98 Å². The second kappa shape index (κ2) is 4.97. The van der Waals surface area contributed by atoms with Gasteiger partial charge in [0.15, 0.2) is 0 Å². The number of hydrogen-bond acceptors (Lipinski definition) is 2. The van der Waals surface area contributed by atoms with E-state index in [1.165, 1.54) is 0 Å². The highest BCUT2D eigenvalue weighted by Gasteiger charge is 1.93. The monoisotopic (exact) mass is 173 g/mol. The molecule has 62 valence electrons. The highest BCUT2D eigenvalue weighted by molar-refractivity contribution is 5.85. The van der Waals surface area contributed by atoms with E-state index < -0.39 is 0 Å². The van der Waals surface area contributed by atoms with Crippen molar-refractivity contribution in [1.29, 1.82) is 0 Å². The van der Waals surface area contributed by atoms with Gasteiger partial charge in [0, 0.05) is 12.4 Å². The van der Waals surface area contributed by atoms with Crippen LogP contribution in [-0.2, 0) is 0 Å². The van der Waals surface area contributed by atoms with Gasteiger partial charge in [-0.05, 0) is 26.0 Å². The molecule has 3 heteroatoms. The number of halogens is 1. The summed E-state index contributed by atoms with van der Waals surface area (Å²) in [5.41, 5.74) is 0. The molecule has 0 saturated carbocycles. The fraction of sp³-hybridized carbons (Fsp3) is 0.375. The highest BCUT2D eigenvalue weighted by Crippen LogP contribution is 2.08. The summed E-state index contributed by atoms with van der Waals surface area (Å²) in [6, 6.07) is 3.69. The summed E-state index contributed by atoms with van der Waals surface area (Å²) in [7, 11) is 0. The maximum absolute atomic E-state index is 5.37. The third kappa shape index (κ3) is 3.83. The molecule has 0 aliphatic rings. The van der Waals surface area contributed by atoms with Crippen molar-refractivity contribution in [3.8, 4) is 5.75 Å². The third-order valence-electron chi connectivity index (χ3n) is 1.02. The zero-order chi connectivity index (χ0) is 7.40. The van der Waals surface area contributed by atoms with Gasteiger partial charge in [-0.2, -0.15) is 0 Å². The molecule has 0 N–H and O–H groups in total. The second-order valence-electron chi connectivity index (χ2n) is 2.35. The molecule has 0 spiro atoms. The van der Waals surface area contributed by atoms with Crippen LogP contribution in [0.1, 0.15) is 13.8 Å². The molecule has 0 aromatic carbocycles. The molecule has 1 aromatic rings. The molecule has 1 rings (SSSR count). The normalized spacial score (nSPS) is 9.00. The van der Waals surface area contributed by atoms with E-state index in [1.807, 2.05) is 26.0 Å². The summed E-state index contributed by atoms with van der Waals surface area (Å²) in [6.07, 6.45) is 3.68. The molecule has 0 atom stereocenters. The summed E-state index contributed by atoms with van der Waals surface area (Å²) in [4.78, 5) is 3.87. The van der Waals surface area contributed by atoms with Gasteiger partial charge in [-0.25, -0.2) is 0 Å². The fourth-order valence-electron chi connectivity index (χ4n) is 0.689. The molecule has 1 heterocycles. The van der Waals surface area contributed by atoms with Gasteiger partial charge < -0.3 is 4.74 Å². The molecule has 0 bridgehead atoms. The Kier molecular flexibility index (Phi) is 4.62. The van der Waals surface area contributed by atoms with E-state index in [0.29, 0.717) is 0 Å². The van der Waals surface area contributed by atoms with E-state index in [-0.39, 0.29) is 18.5 Å². The van der Waals surface area contributed by atoms with E-state index in [4.69, 9.17) is 4.74 Å². The number of aromatic nitrogens is 1. The van der Waals surface area contributed by atoms with Crippen LogP contribution in [0.4, 0.5) is 0 Å². The first-order chi connectivity index (χ1) is 4.79. The van der Waals surface area contributed by atoms with Crippen LogP contribution in [0.2, 0.25) is 0 Å². The summed E-state index contributed by atoms with van der Waals surface area (Å²) in [6.45, 7) is 4.00. The van der Waals surface area contributed by atoms with Crippen LogP contribution in [0.15, 0.2) is 24.5 Å². The predicted octanol–water partition coefficient (Wildman–Crippen LogP) is 2.29. The van der Waals surface area contributed by atoms with Crippen molar-refractivity contribution in [1.82, 2.24) is 4.98 Å². The lowest BCUT2D eigenvalue weighted by atomic mass is 10.4. The Bertz CT molecular complexity index is 189. The minimum atomic E-state index is 0. The number of pyridine rings is 1. The van der Waals surface area contributed by atoms with Gasteiger partial charge in [0.1, 0.15) is 5.75 Å². The minimum Gasteiger partial charge on any atom is -0.491 e. The second-order valence-corrected chi connectivity index (χ2v) is 2.35. The van der Waals surface area contributed by atoms with E-state index in [0.717, 1.165) is 5.75 Å². The molecule has 0 aliphatic carbocycles. The summed E-state index contributed by atoms with van der Waals surface area (Å²) in [5.74, 6) is 0.880. The summed E-state index contributed by atoms with van der Waals surface area (Å²) in [5, 5.41) is 0. The third-order valence-corrected chi connectivity index (χ3v) is 1.02. The quantitative estimate of drug-likeness (QED) is 0.685. The van der Waals surface area contributed by atoms with Crippen molar-refractivity contribution in [2.24, 2.45) is 0 Å². The number of rotatable bonds is 2. The zero-order valence-electron chi connectivity index (χ0n) is 6.65. The first kappa shape index (κ1) is 10.2. The molecule has 11 heavy (non-hydrogen) atoms. The summed E-state index contributed by atoms with van der Waals surface area (Å²) >= 11 is 0. The van der Waals surface area contributed by atoms with Crippen LogP contribution in [0.25, 0.3) is 0 Å². The maximum atomic E-state index is 5.37. The van der Waals surface area contributed by atoms with Crippen LogP contribution >= 0.6 is 12.4 Å². The summed E-state index contributed by atoms with van der Waals surface area (Å²) < 4.78 is 5.37. The lowest BCUT2D eigenvalue weighted by molar-refractivity contribution is 0.242. The molecule has 2 nitrogen and oxygen atoms in total. The van der Waals surface area contributed by atoms with Crippen molar-refractivity contribution >= 4 is 12.4 Å². The Morgan fingerprint density at radius 2 is 1.82 bits per heavy atom. The largest absolute Gasteiger partial charge is 0.491 e. The zero-order valence-corrected chi connectivity index (χ0v) is 7.47. The van der Waals surface area contributed by atoms with Crippen LogP contribution in [-0.4, -0.2) is 11.1 Å². The maximum Gasteiger partial charge on any atom is 0.122 e. The average Bonchev–Trinajstić information content (AvgIpc) is 1.88. The van der Waals surface area contributed by atoms with E-state index in [1.54, 1.807) is 12.4 Å². The Morgan fingerprint density at radius 3 is 2.27 bits per heavy atom. The Hall–Kier alpha value is -0.760. The first-order valence-corrected chi connectivity index (χ1v) is 3.35. The van der Waals surface area contributed by atoms with Crippen molar-refractivity contribution < 1.29 is 4.74 Å². The van der Waals surface area contributed by atoms with Gasteiger partial charge in [-0.1, -0.05) is 0 Å². The molecule has 0 unspecified atom stereocenters. The molecule has 0 saturated heterocycles. The molecule has 0 radical (unpaired) electrons. The van der Waals surface area contributed by atoms with E-state index >= 15 is 0 Å². The van der Waals surface area contributed by atoms with Crippen LogP contribution in [0, 0.1) is 0 Å². The van der Waals surface area contributed by atoms with Gasteiger partial charge in [0.25, 0.3) is 0 Å². The van der Waals surface area contributed by atoms with Crippen LogP contribution in [0.5, 0.6) is 5.75 Å². The Morgan fingerprint density at radius 1 is 1.27 bits per heavy atom. The van der Waals surface area contributed by atoms with Crippen molar-refractivity contribution in [3.63, 3.8) is 0 Å². The van der Waals surface area contributed by atoms with Crippen LogP contribution in [0.3, 0.4) is 0 Å². The van der Waals surface area contributed by atoms with E-state index in [2.05, 4.69) is 4.98 Å². The lowest BCUT2D eigenvalue weighted by Gasteiger charge is -2.07. The SMILES string of the molecule is CC(C)Oc1ccncc1.Cl. The topological polar surface area (TPSA) is 22.1 Å². The lowest BCUT2D eigenvalue weighted by Crippen LogP contribution is -2.04. The van der Waals surface area contributed by atoms with Gasteiger partial charge in [0.2, 0.25) is 0 Å². The average molecular weight is 174 g/mol. The Balaban J connectivity index is 0.000001000. The molecule has 1 aromatic heterocycles. The van der Waals surface area contributed by atoms with Gasteiger partial charge in [0.05, 0.1) is 6.10 Å². The minimum absolute atomic E-state index is 0. The fourth-order valence-corrected chi connectivity index (χ4v) is 0.689. The number of ether oxygens (including phenoxy) is 1. The number of nitrogens with zero attached hydrogens (tertiary/aromatic N) is 1. The van der Waals surface area contributed by atoms with E-state index in [9.17, 15) is 0 Å². The van der Waals surface area contributed by atoms with Gasteiger partial charge >= 0.3 is 0 Å². The molecule has 0 aliphatic heterocycles. The molecule has 0 fully saturated rings. The predicted molar refractivity (Wildman–Crippen MR) is 47.2 cm³/mol. The first-order valence-electron chi connectivity index (χ1n) is 3.35. The van der Waals surface area contributed by atoms with Crippen molar-refractivity contribution in [2.45, 2.75) is 20.0 Å². The molecule has 0 amide bonds. The van der Waals surface area contributed by atoms with Crippen LogP contribution < -0.4 is 4.74 Å². The standard InChI is InChI=1S/C8H11NO.ClH/c1-7(2)10-8-3-5-9-6-4-8;/h3-7H,1-2H3;1H. The number of hydrogen-bond donors (Lipinski definition) is 0. The Labute approximate surface area is 73.0 Å². The van der Waals surface area contributed by atoms with Gasteiger partial charge in [-0.15, -0.1) is 12.4 Å². The highest BCUT2D eigenvalue weighted by atomic mass is 35.5.